The van der Waals surface area contributed by atoms with E-state index in [1.165, 1.54) is 44.1 Å². The first-order valence-corrected chi connectivity index (χ1v) is 10.7. The van der Waals surface area contributed by atoms with Gasteiger partial charge in [-0.05, 0) is 50.3 Å². The van der Waals surface area contributed by atoms with Crippen molar-refractivity contribution in [1.29, 1.82) is 0 Å². The number of aliphatic imine (C=N–C) groups is 1. The van der Waals surface area contributed by atoms with Gasteiger partial charge in [-0.15, -0.1) is 12.6 Å². The minimum absolute atomic E-state index is 0.181. The molecule has 2 unspecified atom stereocenters. The number of hydrogen-bond donors (Lipinski definition) is 2. The maximum Gasteiger partial charge on any atom is 0.130 e. The van der Waals surface area contributed by atoms with Crippen LogP contribution < -0.4 is 4.74 Å². The minimum atomic E-state index is -0.427. The lowest BCUT2D eigenvalue weighted by atomic mass is 9.94. The van der Waals surface area contributed by atoms with E-state index < -0.39 is 6.10 Å². The maximum absolute atomic E-state index is 9.65. The van der Waals surface area contributed by atoms with Crippen molar-refractivity contribution in [2.24, 2.45) is 4.99 Å². The Morgan fingerprint density at radius 1 is 1.19 bits per heavy atom. The molecule has 0 fully saturated rings. The van der Waals surface area contributed by atoms with Crippen LogP contribution in [0.25, 0.3) is 0 Å². The van der Waals surface area contributed by atoms with Gasteiger partial charge in [0.2, 0.25) is 0 Å². The molecular formula is C22H35NO2S. The predicted molar refractivity (Wildman–Crippen MR) is 113 cm³/mol. The van der Waals surface area contributed by atoms with Crippen LogP contribution in [0.5, 0.6) is 5.75 Å². The summed E-state index contributed by atoms with van der Waals surface area (Å²) in [6.07, 6.45) is 10.0. The Bertz CT molecular complexity index is 598. The molecule has 4 heteroatoms. The molecule has 2 atom stereocenters. The maximum atomic E-state index is 9.65. The fraction of sp³-hybridized carbons (Fsp3) is 0.682. The van der Waals surface area contributed by atoms with Crippen LogP contribution in [0.2, 0.25) is 0 Å². The van der Waals surface area contributed by atoms with Crippen molar-refractivity contribution in [3.8, 4) is 5.75 Å². The Labute approximate surface area is 164 Å². The van der Waals surface area contributed by atoms with Gasteiger partial charge in [0.15, 0.2) is 0 Å². The molecule has 3 nitrogen and oxygen atoms in total. The van der Waals surface area contributed by atoms with Crippen molar-refractivity contribution in [1.82, 2.24) is 0 Å². The number of nitrogens with zero attached hydrogens (tertiary/aromatic N) is 1. The highest BCUT2D eigenvalue weighted by Crippen LogP contribution is 2.36. The van der Waals surface area contributed by atoms with Crippen molar-refractivity contribution in [3.05, 3.63) is 23.3 Å². The van der Waals surface area contributed by atoms with E-state index in [-0.39, 0.29) is 6.10 Å². The number of rotatable bonds is 10. The zero-order valence-corrected chi connectivity index (χ0v) is 17.5. The molecular weight excluding hydrogens is 342 g/mol. The van der Waals surface area contributed by atoms with Gasteiger partial charge in [-0.2, -0.15) is 0 Å². The second-order valence-electron chi connectivity index (χ2n) is 7.52. The molecule has 0 aromatic heterocycles. The number of aryl methyl sites for hydroxylation is 1. The van der Waals surface area contributed by atoms with Gasteiger partial charge < -0.3 is 9.84 Å². The monoisotopic (exact) mass is 377 g/mol. The van der Waals surface area contributed by atoms with Crippen LogP contribution in [0.3, 0.4) is 0 Å². The smallest absolute Gasteiger partial charge is 0.130 e. The van der Waals surface area contributed by atoms with Gasteiger partial charge in [0.05, 0.1) is 23.9 Å². The van der Waals surface area contributed by atoms with Crippen LogP contribution in [0, 0.1) is 0 Å². The molecule has 0 bridgehead atoms. The van der Waals surface area contributed by atoms with Crippen molar-refractivity contribution >= 4 is 18.3 Å². The third kappa shape index (κ3) is 6.31. The molecule has 1 aromatic carbocycles. The average molecular weight is 378 g/mol. The van der Waals surface area contributed by atoms with Gasteiger partial charge in [0.1, 0.15) is 11.9 Å². The number of ether oxygens (including phenoxy) is 1. The topological polar surface area (TPSA) is 41.8 Å². The molecule has 0 aliphatic carbocycles. The van der Waals surface area contributed by atoms with Gasteiger partial charge in [-0.3, -0.25) is 4.99 Å². The van der Waals surface area contributed by atoms with E-state index in [4.69, 9.17) is 22.4 Å². The largest absolute Gasteiger partial charge is 0.489 e. The highest BCUT2D eigenvalue weighted by molar-refractivity contribution is 7.80. The van der Waals surface area contributed by atoms with Crippen LogP contribution in [0.15, 0.2) is 22.0 Å². The van der Waals surface area contributed by atoms with Crippen molar-refractivity contribution in [2.45, 2.75) is 95.7 Å². The molecule has 0 spiro atoms. The number of unbranched alkanes of at least 4 members (excludes halogenated alkanes) is 4. The lowest BCUT2D eigenvalue weighted by molar-refractivity contribution is 0.185. The first kappa shape index (κ1) is 21.3. The van der Waals surface area contributed by atoms with Gasteiger partial charge in [-0.1, -0.05) is 39.5 Å². The van der Waals surface area contributed by atoms with Crippen molar-refractivity contribution in [3.63, 3.8) is 0 Å². The summed E-state index contributed by atoms with van der Waals surface area (Å²) in [5.41, 5.74) is 3.37. The summed E-state index contributed by atoms with van der Waals surface area (Å²) in [7, 11) is 0. The van der Waals surface area contributed by atoms with Crippen LogP contribution >= 0.6 is 12.6 Å². The number of fused-ring (bicyclic) bond motifs is 1. The Morgan fingerprint density at radius 3 is 2.62 bits per heavy atom. The molecule has 0 radical (unpaired) electrons. The molecule has 2 rings (SSSR count). The fourth-order valence-electron chi connectivity index (χ4n) is 3.47. The van der Waals surface area contributed by atoms with Crippen molar-refractivity contribution < 1.29 is 9.84 Å². The predicted octanol–water partition coefficient (Wildman–Crippen LogP) is 5.61. The van der Waals surface area contributed by atoms with Crippen LogP contribution in [0.1, 0.15) is 83.3 Å². The summed E-state index contributed by atoms with van der Waals surface area (Å²) in [5.74, 6) is 0.932. The van der Waals surface area contributed by atoms with Crippen LogP contribution in [-0.4, -0.2) is 29.6 Å². The highest BCUT2D eigenvalue weighted by Gasteiger charge is 2.27. The number of aliphatic hydroxyl groups excluding tert-OH is 1. The van der Waals surface area contributed by atoms with Gasteiger partial charge in [0.25, 0.3) is 0 Å². The SMILES string of the molecule is CCCCCc1cc(S)c2c(c1)OC(CCCCC)CC2=NCC(C)O. The van der Waals surface area contributed by atoms with Gasteiger partial charge >= 0.3 is 0 Å². The van der Waals surface area contributed by atoms with E-state index in [0.29, 0.717) is 6.54 Å². The Kier molecular flexibility index (Phi) is 9.00. The Morgan fingerprint density at radius 2 is 1.92 bits per heavy atom. The summed E-state index contributed by atoms with van der Waals surface area (Å²) < 4.78 is 6.35. The van der Waals surface area contributed by atoms with E-state index in [1.807, 2.05) is 0 Å². The molecule has 0 saturated carbocycles. The Hall–Kier alpha value is -1.00. The molecule has 1 aromatic rings. The summed E-state index contributed by atoms with van der Waals surface area (Å²) in [6.45, 7) is 6.66. The molecule has 1 aliphatic heterocycles. The molecule has 1 aliphatic rings. The number of thiol groups is 1. The highest BCUT2D eigenvalue weighted by atomic mass is 32.1. The summed E-state index contributed by atoms with van der Waals surface area (Å²) in [5, 5.41) is 9.65. The van der Waals surface area contributed by atoms with E-state index in [9.17, 15) is 5.11 Å². The molecule has 1 N–H and O–H groups in total. The normalized spacial score (nSPS) is 19.3. The third-order valence-corrected chi connectivity index (χ3v) is 5.24. The zero-order valence-electron chi connectivity index (χ0n) is 16.6. The zero-order chi connectivity index (χ0) is 18.9. The second kappa shape index (κ2) is 11.0. The van der Waals surface area contributed by atoms with Gasteiger partial charge in [0, 0.05) is 11.3 Å². The van der Waals surface area contributed by atoms with E-state index in [2.05, 4.69) is 26.0 Å². The van der Waals surface area contributed by atoms with Crippen molar-refractivity contribution in [2.75, 3.05) is 6.54 Å². The lowest BCUT2D eigenvalue weighted by Crippen LogP contribution is -2.28. The average Bonchev–Trinajstić information content (AvgIpc) is 2.60. The standard InChI is InChI=1S/C22H35NO2S/c1-4-6-8-10-17-12-20-22(21(26)13-17)19(23-15-16(3)24)14-18(25-20)11-9-7-5-2/h12-13,16,18,24,26H,4-11,14-15H2,1-3H3. The minimum Gasteiger partial charge on any atom is -0.489 e. The number of aliphatic hydroxyl groups is 1. The lowest BCUT2D eigenvalue weighted by Gasteiger charge is -2.29. The molecule has 0 saturated heterocycles. The summed E-state index contributed by atoms with van der Waals surface area (Å²) in [6, 6.07) is 4.35. The third-order valence-electron chi connectivity index (χ3n) is 4.89. The molecule has 1 heterocycles. The van der Waals surface area contributed by atoms with Crippen LogP contribution in [0.4, 0.5) is 0 Å². The van der Waals surface area contributed by atoms with Gasteiger partial charge in [-0.25, -0.2) is 0 Å². The molecule has 146 valence electrons. The summed E-state index contributed by atoms with van der Waals surface area (Å²) >= 11 is 4.75. The van der Waals surface area contributed by atoms with E-state index >= 15 is 0 Å². The number of benzene rings is 1. The fourth-order valence-corrected chi connectivity index (χ4v) is 3.88. The van der Waals surface area contributed by atoms with E-state index in [0.717, 1.165) is 41.2 Å². The van der Waals surface area contributed by atoms with Crippen LogP contribution in [-0.2, 0) is 6.42 Å². The Balaban J connectivity index is 2.24. The second-order valence-corrected chi connectivity index (χ2v) is 8.00. The first-order valence-electron chi connectivity index (χ1n) is 10.3. The first-order chi connectivity index (χ1) is 12.5. The summed E-state index contributed by atoms with van der Waals surface area (Å²) in [4.78, 5) is 5.66. The number of hydrogen-bond acceptors (Lipinski definition) is 4. The quantitative estimate of drug-likeness (QED) is 0.411. The molecule has 26 heavy (non-hydrogen) atoms. The molecule has 0 amide bonds. The van der Waals surface area contributed by atoms with E-state index in [1.54, 1.807) is 6.92 Å².